The Morgan fingerprint density at radius 2 is 1.41 bits per heavy atom. The van der Waals surface area contributed by atoms with Crippen molar-refractivity contribution in [2.45, 2.75) is 19.5 Å². The zero-order chi connectivity index (χ0) is 33.7. The summed E-state index contributed by atoms with van der Waals surface area (Å²) in [7, 11) is 3.32. The highest BCUT2D eigenvalue weighted by molar-refractivity contribution is 5.88. The molecule has 0 atom stereocenters. The molecule has 0 aliphatic carbocycles. The lowest BCUT2D eigenvalue weighted by Gasteiger charge is -2.28. The number of fused-ring (bicyclic) bond motifs is 1. The summed E-state index contributed by atoms with van der Waals surface area (Å²) in [5.41, 5.74) is 5.91. The Bertz CT molecular complexity index is 1850. The number of rotatable bonds is 11. The average Bonchev–Trinajstić information content (AvgIpc) is 3.59. The van der Waals surface area contributed by atoms with E-state index in [1.165, 1.54) is 0 Å². The van der Waals surface area contributed by atoms with Crippen LogP contribution in [-0.2, 0) is 24.2 Å². The number of ether oxygens (including phenoxy) is 3. The minimum Gasteiger partial charge on any atom is -0.497 e. The summed E-state index contributed by atoms with van der Waals surface area (Å²) in [5, 5.41) is 9.41. The van der Waals surface area contributed by atoms with E-state index in [1.54, 1.807) is 26.4 Å². The van der Waals surface area contributed by atoms with Crippen LogP contribution in [0.5, 0.6) is 11.5 Å². The first-order valence-electron chi connectivity index (χ1n) is 16.2. The maximum atomic E-state index is 11.5. The third-order valence-corrected chi connectivity index (χ3v) is 8.79. The smallest absolute Gasteiger partial charge is 0.335 e. The lowest BCUT2D eigenvalue weighted by atomic mass is 10.1. The van der Waals surface area contributed by atoms with Crippen LogP contribution < -0.4 is 24.2 Å². The number of carbonyl (C=O) groups is 1. The molecule has 7 rings (SSSR count). The van der Waals surface area contributed by atoms with Crippen molar-refractivity contribution in [3.63, 3.8) is 0 Å². The minimum atomic E-state index is -0.956. The second-order valence-electron chi connectivity index (χ2n) is 11.9. The first-order chi connectivity index (χ1) is 24.0. The zero-order valence-corrected chi connectivity index (χ0v) is 27.5. The van der Waals surface area contributed by atoms with E-state index in [4.69, 9.17) is 34.1 Å². The second kappa shape index (κ2) is 14.2. The summed E-state index contributed by atoms with van der Waals surface area (Å²) in [6, 6.07) is 22.9. The highest BCUT2D eigenvalue weighted by atomic mass is 16.5. The van der Waals surface area contributed by atoms with Crippen molar-refractivity contribution in [1.82, 2.24) is 19.9 Å². The molecular formula is C37H37N7O5. The molecule has 49 heavy (non-hydrogen) atoms. The summed E-state index contributed by atoms with van der Waals surface area (Å²) in [6.45, 7) is 4.45. The van der Waals surface area contributed by atoms with E-state index in [0.29, 0.717) is 57.8 Å². The molecule has 2 aromatic heterocycles. The fourth-order valence-electron chi connectivity index (χ4n) is 6.13. The summed E-state index contributed by atoms with van der Waals surface area (Å²) < 4.78 is 16.3. The van der Waals surface area contributed by atoms with Crippen molar-refractivity contribution >= 4 is 29.4 Å². The number of morpholine rings is 1. The number of hydrogen-bond donors (Lipinski definition) is 1. The van der Waals surface area contributed by atoms with Gasteiger partial charge in [0.15, 0.2) is 0 Å². The lowest BCUT2D eigenvalue weighted by Crippen LogP contribution is -2.37. The van der Waals surface area contributed by atoms with Crippen molar-refractivity contribution in [2.75, 3.05) is 61.8 Å². The normalized spacial score (nSPS) is 14.0. The molecular weight excluding hydrogens is 622 g/mol. The van der Waals surface area contributed by atoms with Crippen LogP contribution in [0.25, 0.3) is 11.3 Å². The zero-order valence-electron chi connectivity index (χ0n) is 27.5. The van der Waals surface area contributed by atoms with Gasteiger partial charge < -0.3 is 34.0 Å². The predicted molar refractivity (Wildman–Crippen MR) is 186 cm³/mol. The van der Waals surface area contributed by atoms with Crippen LogP contribution in [-0.4, -0.2) is 78.1 Å². The number of carboxylic acid groups (broad SMARTS) is 1. The molecule has 12 heteroatoms. The van der Waals surface area contributed by atoms with Crippen molar-refractivity contribution < 1.29 is 24.1 Å². The van der Waals surface area contributed by atoms with Gasteiger partial charge in [-0.05, 0) is 66.1 Å². The van der Waals surface area contributed by atoms with Gasteiger partial charge in [-0.25, -0.2) is 19.7 Å². The summed E-state index contributed by atoms with van der Waals surface area (Å²) in [5.74, 6) is 2.67. The second-order valence-corrected chi connectivity index (χ2v) is 11.9. The maximum absolute atomic E-state index is 11.5. The number of benzene rings is 3. The van der Waals surface area contributed by atoms with Gasteiger partial charge >= 0.3 is 5.97 Å². The molecule has 1 saturated heterocycles. The van der Waals surface area contributed by atoms with Gasteiger partial charge in [0.1, 0.15) is 17.3 Å². The standard InChI is InChI=1S/C37H37N7O5/c1-47-30-11-3-25(4-12-30)23-43(24-26-5-13-31(48-2)14-6-26)36-38-21-28(22-39-36)33-32-15-16-44(29-9-7-27(8-10-29)35(45)46)34(32)41-37(40-33)42-17-19-49-20-18-42/h3-14,21-22H,15-20,23-24H2,1-2H3,(H,45,46). The molecule has 0 spiro atoms. The number of nitrogens with zero attached hydrogens (tertiary/aromatic N) is 7. The molecule has 0 amide bonds. The average molecular weight is 660 g/mol. The van der Waals surface area contributed by atoms with E-state index in [2.05, 4.69) is 14.7 Å². The Morgan fingerprint density at radius 3 is 1.96 bits per heavy atom. The Labute approximate surface area is 284 Å². The first kappa shape index (κ1) is 31.8. The molecule has 12 nitrogen and oxygen atoms in total. The third kappa shape index (κ3) is 6.95. The summed E-state index contributed by atoms with van der Waals surface area (Å²) in [4.78, 5) is 37.8. The highest BCUT2D eigenvalue weighted by Gasteiger charge is 2.29. The van der Waals surface area contributed by atoms with Crippen molar-refractivity contribution in [3.8, 4) is 22.8 Å². The highest BCUT2D eigenvalue weighted by Crippen LogP contribution is 2.39. The molecule has 0 bridgehead atoms. The van der Waals surface area contributed by atoms with Gasteiger partial charge in [0.2, 0.25) is 11.9 Å². The molecule has 0 radical (unpaired) electrons. The molecule has 1 N–H and O–H groups in total. The Balaban J connectivity index is 1.23. The number of aromatic carboxylic acids is 1. The van der Waals surface area contributed by atoms with E-state index in [1.807, 2.05) is 73.1 Å². The van der Waals surface area contributed by atoms with Gasteiger partial charge in [-0.15, -0.1) is 0 Å². The van der Waals surface area contributed by atoms with Crippen molar-refractivity contribution in [1.29, 1.82) is 0 Å². The fourth-order valence-corrected chi connectivity index (χ4v) is 6.13. The van der Waals surface area contributed by atoms with Gasteiger partial charge in [0.25, 0.3) is 0 Å². The number of aromatic nitrogens is 4. The van der Waals surface area contributed by atoms with Gasteiger partial charge in [0, 0.05) is 61.9 Å². The SMILES string of the molecule is COc1ccc(CN(Cc2ccc(OC)cc2)c2ncc(-c3nc(N4CCOCC4)nc4c3CCN4c3ccc(C(=O)O)cc3)cn2)cc1. The summed E-state index contributed by atoms with van der Waals surface area (Å²) >= 11 is 0. The molecule has 4 heterocycles. The summed E-state index contributed by atoms with van der Waals surface area (Å²) in [6.07, 6.45) is 4.40. The molecule has 2 aliphatic heterocycles. The Hall–Kier alpha value is -5.75. The van der Waals surface area contributed by atoms with Crippen LogP contribution in [0, 0.1) is 0 Å². The largest absolute Gasteiger partial charge is 0.497 e. The fraction of sp³-hybridized carbons (Fsp3) is 0.270. The number of anilines is 4. The van der Waals surface area contributed by atoms with Crippen LogP contribution in [0.4, 0.5) is 23.4 Å². The molecule has 0 saturated carbocycles. The third-order valence-electron chi connectivity index (χ3n) is 8.79. The Kier molecular flexibility index (Phi) is 9.20. The predicted octanol–water partition coefficient (Wildman–Crippen LogP) is 5.39. The molecule has 3 aromatic carbocycles. The number of methoxy groups -OCH3 is 2. The van der Waals surface area contributed by atoms with Gasteiger partial charge in [-0.1, -0.05) is 24.3 Å². The van der Waals surface area contributed by atoms with Crippen LogP contribution in [0.15, 0.2) is 85.2 Å². The van der Waals surface area contributed by atoms with Crippen molar-refractivity contribution in [3.05, 3.63) is 107 Å². The minimum absolute atomic E-state index is 0.241. The van der Waals surface area contributed by atoms with E-state index in [-0.39, 0.29) is 5.56 Å². The van der Waals surface area contributed by atoms with E-state index < -0.39 is 5.97 Å². The molecule has 2 aliphatic rings. The van der Waals surface area contributed by atoms with Crippen LogP contribution in [0.1, 0.15) is 27.0 Å². The number of hydrogen-bond acceptors (Lipinski definition) is 11. The molecule has 0 unspecified atom stereocenters. The van der Waals surface area contributed by atoms with Gasteiger partial charge in [0.05, 0.1) is 38.7 Å². The molecule has 250 valence electrons. The number of carboxylic acids is 1. The molecule has 5 aromatic rings. The monoisotopic (exact) mass is 659 g/mol. The molecule has 1 fully saturated rings. The Morgan fingerprint density at radius 1 is 0.816 bits per heavy atom. The van der Waals surface area contributed by atoms with Crippen LogP contribution in [0.2, 0.25) is 0 Å². The van der Waals surface area contributed by atoms with E-state index in [9.17, 15) is 9.90 Å². The van der Waals surface area contributed by atoms with Gasteiger partial charge in [-0.3, -0.25) is 0 Å². The topological polar surface area (TPSA) is 126 Å². The first-order valence-corrected chi connectivity index (χ1v) is 16.2. The van der Waals surface area contributed by atoms with E-state index in [0.717, 1.165) is 57.4 Å². The van der Waals surface area contributed by atoms with Gasteiger partial charge in [-0.2, -0.15) is 4.98 Å². The maximum Gasteiger partial charge on any atom is 0.335 e. The quantitative estimate of drug-likeness (QED) is 0.196. The van der Waals surface area contributed by atoms with Crippen molar-refractivity contribution in [2.24, 2.45) is 0 Å². The lowest BCUT2D eigenvalue weighted by molar-refractivity contribution is 0.0697. The van der Waals surface area contributed by atoms with E-state index >= 15 is 0 Å². The van der Waals surface area contributed by atoms with Crippen LogP contribution >= 0.6 is 0 Å². The van der Waals surface area contributed by atoms with Crippen LogP contribution in [0.3, 0.4) is 0 Å².